The van der Waals surface area contributed by atoms with E-state index in [9.17, 15) is 13.2 Å². The predicted octanol–water partition coefficient (Wildman–Crippen LogP) is 4.63. The summed E-state index contributed by atoms with van der Waals surface area (Å²) < 4.78 is 46.9. The Hall–Kier alpha value is -1.59. The van der Waals surface area contributed by atoms with Crippen LogP contribution in [-0.2, 0) is 0 Å². The molecule has 1 aromatic carbocycles. The van der Waals surface area contributed by atoms with E-state index in [-0.39, 0.29) is 12.5 Å². The molecule has 120 valence electrons. The minimum absolute atomic E-state index is 0.0463. The van der Waals surface area contributed by atoms with Crippen LogP contribution in [0.3, 0.4) is 0 Å². The molecule has 0 bridgehead atoms. The first kappa shape index (κ1) is 17.5. The van der Waals surface area contributed by atoms with Crippen molar-refractivity contribution < 1.29 is 22.6 Å². The van der Waals surface area contributed by atoms with Crippen LogP contribution < -0.4 is 14.8 Å². The van der Waals surface area contributed by atoms with E-state index in [4.69, 9.17) is 9.47 Å². The first-order chi connectivity index (χ1) is 9.85. The van der Waals surface area contributed by atoms with E-state index in [1.807, 2.05) is 19.9 Å². The van der Waals surface area contributed by atoms with E-state index in [1.165, 1.54) is 0 Å². The first-order valence-corrected chi connectivity index (χ1v) is 7.00. The highest BCUT2D eigenvalue weighted by molar-refractivity contribution is 5.55. The lowest BCUT2D eigenvalue weighted by molar-refractivity contribution is -0.135. The van der Waals surface area contributed by atoms with Crippen LogP contribution >= 0.6 is 0 Å². The molecule has 6 heteroatoms. The Bertz CT molecular complexity index is 435. The maximum absolute atomic E-state index is 12.1. The van der Waals surface area contributed by atoms with Crippen LogP contribution in [0.25, 0.3) is 0 Å². The molecule has 0 aliphatic rings. The second kappa shape index (κ2) is 8.00. The maximum Gasteiger partial charge on any atom is 0.389 e. The summed E-state index contributed by atoms with van der Waals surface area (Å²) in [4.78, 5) is 0. The third-order valence-electron chi connectivity index (χ3n) is 2.97. The molecule has 1 aromatic rings. The Morgan fingerprint density at radius 1 is 1.24 bits per heavy atom. The van der Waals surface area contributed by atoms with Gasteiger partial charge in [-0.15, -0.1) is 0 Å². The fourth-order valence-electron chi connectivity index (χ4n) is 2.00. The molecule has 0 spiro atoms. The van der Waals surface area contributed by atoms with Crippen LogP contribution in [0.15, 0.2) is 18.2 Å². The highest BCUT2D eigenvalue weighted by Crippen LogP contribution is 2.31. The van der Waals surface area contributed by atoms with Crippen molar-refractivity contribution >= 4 is 5.69 Å². The van der Waals surface area contributed by atoms with Gasteiger partial charge in [0.25, 0.3) is 0 Å². The van der Waals surface area contributed by atoms with Crippen LogP contribution in [0.2, 0.25) is 0 Å². The van der Waals surface area contributed by atoms with Gasteiger partial charge >= 0.3 is 6.18 Å². The van der Waals surface area contributed by atoms with E-state index < -0.39 is 12.6 Å². The molecule has 0 saturated heterocycles. The number of hydrogen-bond acceptors (Lipinski definition) is 3. The fraction of sp³-hybridized carbons (Fsp3) is 0.600. The van der Waals surface area contributed by atoms with Crippen molar-refractivity contribution in [3.05, 3.63) is 18.2 Å². The Morgan fingerprint density at radius 3 is 2.52 bits per heavy atom. The Labute approximate surface area is 123 Å². The number of rotatable bonds is 8. The molecule has 1 rings (SSSR count). The van der Waals surface area contributed by atoms with Gasteiger partial charge in [0.05, 0.1) is 13.7 Å². The molecule has 0 aromatic heterocycles. The van der Waals surface area contributed by atoms with E-state index in [0.29, 0.717) is 24.5 Å². The van der Waals surface area contributed by atoms with Gasteiger partial charge in [-0.3, -0.25) is 0 Å². The number of hydrogen-bond donors (Lipinski definition) is 1. The summed E-state index contributed by atoms with van der Waals surface area (Å²) in [6.07, 6.45) is -4.26. The normalized spacial score (nSPS) is 12.9. The molecule has 0 amide bonds. The molecule has 1 unspecified atom stereocenters. The summed E-state index contributed by atoms with van der Waals surface area (Å²) in [7, 11) is 1.55. The van der Waals surface area contributed by atoms with Crippen LogP contribution in [0.1, 0.15) is 33.1 Å². The largest absolute Gasteiger partial charge is 0.493 e. The molecule has 1 atom stereocenters. The van der Waals surface area contributed by atoms with Gasteiger partial charge in [0.15, 0.2) is 11.5 Å². The van der Waals surface area contributed by atoms with Crippen LogP contribution in [0, 0.1) is 0 Å². The lowest BCUT2D eigenvalue weighted by atomic mass is 10.1. The van der Waals surface area contributed by atoms with Crippen molar-refractivity contribution in [3.8, 4) is 11.5 Å². The first-order valence-electron chi connectivity index (χ1n) is 7.00. The Balaban J connectivity index is 2.54. The molecule has 1 N–H and O–H groups in total. The number of ether oxygens (including phenoxy) is 2. The van der Waals surface area contributed by atoms with Crippen LogP contribution in [0.5, 0.6) is 11.5 Å². The van der Waals surface area contributed by atoms with Crippen molar-refractivity contribution in [3.63, 3.8) is 0 Å². The summed E-state index contributed by atoms with van der Waals surface area (Å²) in [6.45, 7) is 4.28. The molecule has 3 nitrogen and oxygen atoms in total. The topological polar surface area (TPSA) is 30.5 Å². The molecule has 0 saturated carbocycles. The second-order valence-corrected chi connectivity index (χ2v) is 4.85. The summed E-state index contributed by atoms with van der Waals surface area (Å²) in [5, 5.41) is 3.17. The molecular formula is C15H22F3NO2. The van der Waals surface area contributed by atoms with Crippen molar-refractivity contribution in [2.24, 2.45) is 0 Å². The average Bonchev–Trinajstić information content (AvgIpc) is 2.39. The summed E-state index contributed by atoms with van der Waals surface area (Å²) in [5.74, 6) is 1.25. The quantitative estimate of drug-likeness (QED) is 0.759. The Kier molecular flexibility index (Phi) is 6.65. The highest BCUT2D eigenvalue weighted by atomic mass is 19.4. The van der Waals surface area contributed by atoms with Gasteiger partial charge in [-0.2, -0.15) is 13.2 Å². The van der Waals surface area contributed by atoms with E-state index in [2.05, 4.69) is 5.32 Å². The predicted molar refractivity (Wildman–Crippen MR) is 77.2 cm³/mol. The molecule has 0 aliphatic carbocycles. The van der Waals surface area contributed by atoms with Crippen molar-refractivity contribution in [2.75, 3.05) is 19.0 Å². The maximum atomic E-state index is 12.1. The Morgan fingerprint density at radius 2 is 1.95 bits per heavy atom. The van der Waals surface area contributed by atoms with Gasteiger partial charge in [-0.25, -0.2) is 0 Å². The number of benzene rings is 1. The molecular weight excluding hydrogens is 283 g/mol. The minimum atomic E-state index is -4.08. The van der Waals surface area contributed by atoms with Crippen LogP contribution in [0.4, 0.5) is 18.9 Å². The van der Waals surface area contributed by atoms with Gasteiger partial charge in [0, 0.05) is 24.2 Å². The summed E-state index contributed by atoms with van der Waals surface area (Å²) in [6, 6.07) is 5.35. The van der Waals surface area contributed by atoms with Crippen molar-refractivity contribution in [2.45, 2.75) is 45.3 Å². The highest BCUT2D eigenvalue weighted by Gasteiger charge is 2.26. The van der Waals surface area contributed by atoms with Gasteiger partial charge in [-0.05, 0) is 38.8 Å². The van der Waals surface area contributed by atoms with Crippen molar-refractivity contribution in [1.29, 1.82) is 0 Å². The lowest BCUT2D eigenvalue weighted by Crippen LogP contribution is -2.16. The monoisotopic (exact) mass is 305 g/mol. The number of nitrogens with one attached hydrogen (secondary N) is 1. The zero-order chi connectivity index (χ0) is 15.9. The third-order valence-corrected chi connectivity index (χ3v) is 2.97. The number of alkyl halides is 3. The van der Waals surface area contributed by atoms with E-state index in [1.54, 1.807) is 19.2 Å². The zero-order valence-electron chi connectivity index (χ0n) is 12.6. The second-order valence-electron chi connectivity index (χ2n) is 4.85. The van der Waals surface area contributed by atoms with Crippen molar-refractivity contribution in [1.82, 2.24) is 0 Å². The number of halogens is 3. The third kappa shape index (κ3) is 6.60. The van der Waals surface area contributed by atoms with E-state index in [0.717, 1.165) is 5.69 Å². The van der Waals surface area contributed by atoms with Gasteiger partial charge in [0.1, 0.15) is 0 Å². The molecule has 0 fully saturated rings. The molecule has 0 radical (unpaired) electrons. The molecule has 21 heavy (non-hydrogen) atoms. The molecule has 0 aliphatic heterocycles. The summed E-state index contributed by atoms with van der Waals surface area (Å²) >= 11 is 0. The molecule has 0 heterocycles. The number of anilines is 1. The lowest BCUT2D eigenvalue weighted by Gasteiger charge is -2.17. The fourth-order valence-corrected chi connectivity index (χ4v) is 2.00. The van der Waals surface area contributed by atoms with Gasteiger partial charge < -0.3 is 14.8 Å². The average molecular weight is 305 g/mol. The summed E-state index contributed by atoms with van der Waals surface area (Å²) in [5.41, 5.74) is 0.801. The van der Waals surface area contributed by atoms with E-state index >= 15 is 0 Å². The smallest absolute Gasteiger partial charge is 0.389 e. The SMILES string of the molecule is CCOc1ccc(NC(C)CCCC(F)(F)F)cc1OC. The van der Waals surface area contributed by atoms with Gasteiger partial charge in [-0.1, -0.05) is 0 Å². The zero-order valence-corrected chi connectivity index (χ0v) is 12.6. The van der Waals surface area contributed by atoms with Gasteiger partial charge in [0.2, 0.25) is 0 Å². The number of methoxy groups -OCH3 is 1. The van der Waals surface area contributed by atoms with Crippen LogP contribution in [-0.4, -0.2) is 25.9 Å². The standard InChI is InChI=1S/C15H22F3NO2/c1-4-21-13-8-7-12(10-14(13)20-3)19-11(2)6-5-9-15(16,17)18/h7-8,10-11,19H,4-6,9H2,1-3H3. The minimum Gasteiger partial charge on any atom is -0.493 e.